The van der Waals surface area contributed by atoms with Crippen LogP contribution >= 0.6 is 47.0 Å². The Hall–Kier alpha value is -0.750. The average molecular weight is 383 g/mol. The molecule has 0 aliphatic heterocycles. The van der Waals surface area contributed by atoms with Crippen molar-refractivity contribution in [2.75, 3.05) is 5.32 Å². The average Bonchev–Trinajstić information content (AvgIpc) is 2.37. The number of anilines is 1. The summed E-state index contributed by atoms with van der Waals surface area (Å²) in [6, 6.07) is 7.65. The Bertz CT molecular complexity index is 534. The van der Waals surface area contributed by atoms with E-state index >= 15 is 0 Å². The van der Waals surface area contributed by atoms with Crippen molar-refractivity contribution in [2.24, 2.45) is 0 Å². The second-order valence-electron chi connectivity index (χ2n) is 4.76. The zero-order valence-electron chi connectivity index (χ0n) is 12.3. The summed E-state index contributed by atoms with van der Waals surface area (Å²) in [7, 11) is 0. The van der Waals surface area contributed by atoms with Gasteiger partial charge in [-0.15, -0.1) is 0 Å². The van der Waals surface area contributed by atoms with E-state index in [1.807, 2.05) is 38.1 Å². The molecule has 0 aliphatic carbocycles. The molecule has 0 bridgehead atoms. The van der Waals surface area contributed by atoms with Gasteiger partial charge in [0.25, 0.3) is 0 Å². The van der Waals surface area contributed by atoms with Gasteiger partial charge in [0.1, 0.15) is 6.17 Å². The van der Waals surface area contributed by atoms with Crippen molar-refractivity contribution < 1.29 is 4.79 Å². The molecule has 8 heteroatoms. The molecule has 0 radical (unpaired) electrons. The lowest BCUT2D eigenvalue weighted by atomic mass is 10.2. The zero-order valence-corrected chi connectivity index (χ0v) is 15.3. The number of hydrogen-bond donors (Lipinski definition) is 3. The second kappa shape index (κ2) is 8.77. The molecule has 0 aliphatic rings. The topological polar surface area (TPSA) is 53.2 Å². The number of alkyl halides is 3. The smallest absolute Gasteiger partial charge is 0.228 e. The van der Waals surface area contributed by atoms with Crippen molar-refractivity contribution in [3.8, 4) is 0 Å². The lowest BCUT2D eigenvalue weighted by molar-refractivity contribution is -0.121. The molecule has 0 saturated heterocycles. The highest BCUT2D eigenvalue weighted by Crippen LogP contribution is 2.29. The molecular formula is C14H18Cl3N3OS. The number of halogens is 3. The third-order valence-electron chi connectivity index (χ3n) is 2.66. The van der Waals surface area contributed by atoms with Gasteiger partial charge in [0.2, 0.25) is 9.70 Å². The maximum atomic E-state index is 11.7. The first-order valence-electron chi connectivity index (χ1n) is 6.72. The molecule has 0 saturated carbocycles. The predicted octanol–water partition coefficient (Wildman–Crippen LogP) is 3.89. The van der Waals surface area contributed by atoms with Gasteiger partial charge in [-0.3, -0.25) is 4.79 Å². The third-order valence-corrected chi connectivity index (χ3v) is 3.54. The maximum absolute atomic E-state index is 11.7. The molecular weight excluding hydrogens is 365 g/mol. The van der Waals surface area contributed by atoms with E-state index in [0.717, 1.165) is 11.3 Å². The minimum absolute atomic E-state index is 0.218. The van der Waals surface area contributed by atoms with Crippen LogP contribution in [-0.4, -0.2) is 21.0 Å². The summed E-state index contributed by atoms with van der Waals surface area (Å²) in [6.07, 6.45) is 0.114. The van der Waals surface area contributed by atoms with Crippen molar-refractivity contribution in [1.29, 1.82) is 0 Å². The molecule has 0 aromatic heterocycles. The highest BCUT2D eigenvalue weighted by atomic mass is 35.6. The number of hydrogen-bond acceptors (Lipinski definition) is 2. The van der Waals surface area contributed by atoms with Crippen LogP contribution < -0.4 is 16.0 Å². The number of carbonyl (C=O) groups excluding carboxylic acids is 1. The normalized spacial score (nSPS) is 12.4. The number of amides is 1. The van der Waals surface area contributed by atoms with Crippen molar-refractivity contribution in [1.82, 2.24) is 10.6 Å². The van der Waals surface area contributed by atoms with E-state index in [1.165, 1.54) is 0 Å². The van der Waals surface area contributed by atoms with Gasteiger partial charge < -0.3 is 16.0 Å². The molecule has 0 spiro atoms. The Labute approximate surface area is 150 Å². The summed E-state index contributed by atoms with van der Waals surface area (Å²) < 4.78 is -1.73. The summed E-state index contributed by atoms with van der Waals surface area (Å²) in [5.41, 5.74) is 1.89. The summed E-state index contributed by atoms with van der Waals surface area (Å²) in [6.45, 7) is 3.86. The van der Waals surface area contributed by atoms with Crippen molar-refractivity contribution in [3.05, 3.63) is 29.8 Å². The SMILES string of the molecule is CCCC(=O)N[C@@H](NC(=S)Nc1cccc(C)c1)C(Cl)(Cl)Cl. The van der Waals surface area contributed by atoms with Crippen LogP contribution in [0.3, 0.4) is 0 Å². The van der Waals surface area contributed by atoms with Gasteiger partial charge in [0, 0.05) is 12.1 Å². The maximum Gasteiger partial charge on any atom is 0.228 e. The van der Waals surface area contributed by atoms with E-state index in [1.54, 1.807) is 0 Å². The second-order valence-corrected chi connectivity index (χ2v) is 7.54. The van der Waals surface area contributed by atoms with Gasteiger partial charge in [-0.05, 0) is 43.3 Å². The molecule has 22 heavy (non-hydrogen) atoms. The largest absolute Gasteiger partial charge is 0.339 e. The molecule has 0 unspecified atom stereocenters. The fraction of sp³-hybridized carbons (Fsp3) is 0.429. The molecule has 122 valence electrons. The van der Waals surface area contributed by atoms with Crippen LogP contribution in [0.15, 0.2) is 24.3 Å². The standard InChI is InChI=1S/C14H18Cl3N3OS/c1-3-5-11(21)19-12(14(15,16)17)20-13(22)18-10-7-4-6-9(2)8-10/h4,6-8,12H,3,5H2,1-2H3,(H,19,21)(H2,18,20,22)/t12-/m0/s1. The van der Waals surface area contributed by atoms with Crippen molar-refractivity contribution in [3.63, 3.8) is 0 Å². The van der Waals surface area contributed by atoms with Gasteiger partial charge >= 0.3 is 0 Å². The number of carbonyl (C=O) groups is 1. The first-order chi connectivity index (χ1) is 10.2. The first kappa shape index (κ1) is 19.3. The Kier molecular flexibility index (Phi) is 7.69. The Morgan fingerprint density at radius 2 is 2.00 bits per heavy atom. The Morgan fingerprint density at radius 3 is 2.55 bits per heavy atom. The monoisotopic (exact) mass is 381 g/mol. The summed E-state index contributed by atoms with van der Waals surface area (Å²) in [5.74, 6) is -0.218. The van der Waals surface area contributed by atoms with Gasteiger partial charge in [-0.25, -0.2) is 0 Å². The molecule has 1 aromatic carbocycles. The van der Waals surface area contributed by atoms with Gasteiger partial charge in [0.05, 0.1) is 0 Å². The molecule has 4 nitrogen and oxygen atoms in total. The van der Waals surface area contributed by atoms with Crippen LogP contribution in [0.5, 0.6) is 0 Å². The first-order valence-corrected chi connectivity index (χ1v) is 8.27. The van der Waals surface area contributed by atoms with Crippen molar-refractivity contribution >= 4 is 63.7 Å². The molecule has 0 heterocycles. The lowest BCUT2D eigenvalue weighted by Crippen LogP contribution is -2.56. The number of aryl methyl sites for hydroxylation is 1. The molecule has 1 amide bonds. The number of rotatable bonds is 5. The van der Waals surface area contributed by atoms with Crippen LogP contribution in [0.1, 0.15) is 25.3 Å². The molecule has 1 aromatic rings. The van der Waals surface area contributed by atoms with E-state index < -0.39 is 9.96 Å². The fourth-order valence-electron chi connectivity index (χ4n) is 1.68. The number of thiocarbonyl (C=S) groups is 1. The van der Waals surface area contributed by atoms with Crippen LogP contribution in [0.25, 0.3) is 0 Å². The van der Waals surface area contributed by atoms with Crippen LogP contribution in [0, 0.1) is 6.92 Å². The summed E-state index contributed by atoms with van der Waals surface area (Å²) >= 11 is 22.8. The minimum atomic E-state index is -1.73. The Morgan fingerprint density at radius 1 is 1.32 bits per heavy atom. The molecule has 3 N–H and O–H groups in total. The minimum Gasteiger partial charge on any atom is -0.339 e. The zero-order chi connectivity index (χ0) is 16.8. The fourth-order valence-corrected chi connectivity index (χ4v) is 2.24. The van der Waals surface area contributed by atoms with Gasteiger partial charge in [0.15, 0.2) is 5.11 Å². The summed E-state index contributed by atoms with van der Waals surface area (Å²) in [4.78, 5) is 11.7. The van der Waals surface area contributed by atoms with E-state index in [2.05, 4.69) is 16.0 Å². The quantitative estimate of drug-likeness (QED) is 0.411. The summed E-state index contributed by atoms with van der Waals surface area (Å²) in [5, 5.41) is 8.65. The van der Waals surface area contributed by atoms with E-state index in [4.69, 9.17) is 47.0 Å². The van der Waals surface area contributed by atoms with Gasteiger partial charge in [-0.2, -0.15) is 0 Å². The Balaban J connectivity index is 2.68. The third kappa shape index (κ3) is 7.01. The highest BCUT2D eigenvalue weighted by Gasteiger charge is 2.34. The number of nitrogens with one attached hydrogen (secondary N) is 3. The van der Waals surface area contributed by atoms with E-state index in [9.17, 15) is 4.79 Å². The molecule has 1 rings (SSSR count). The van der Waals surface area contributed by atoms with Crippen LogP contribution in [0.4, 0.5) is 5.69 Å². The molecule has 1 atom stereocenters. The van der Waals surface area contributed by atoms with Crippen LogP contribution in [-0.2, 0) is 4.79 Å². The molecule has 0 fully saturated rings. The highest BCUT2D eigenvalue weighted by molar-refractivity contribution is 7.80. The van der Waals surface area contributed by atoms with Crippen molar-refractivity contribution in [2.45, 2.75) is 36.6 Å². The van der Waals surface area contributed by atoms with E-state index in [0.29, 0.717) is 12.8 Å². The predicted molar refractivity (Wildman–Crippen MR) is 97.7 cm³/mol. The van der Waals surface area contributed by atoms with E-state index in [-0.39, 0.29) is 11.0 Å². The number of benzene rings is 1. The lowest BCUT2D eigenvalue weighted by Gasteiger charge is -2.27. The van der Waals surface area contributed by atoms with Crippen LogP contribution in [0.2, 0.25) is 0 Å². The van der Waals surface area contributed by atoms with Gasteiger partial charge in [-0.1, -0.05) is 53.9 Å².